The van der Waals surface area contributed by atoms with Crippen LogP contribution in [0.3, 0.4) is 0 Å². The van der Waals surface area contributed by atoms with Gasteiger partial charge >= 0.3 is 0 Å². The Labute approximate surface area is 119 Å². The fourth-order valence-corrected chi connectivity index (χ4v) is 2.67. The molecule has 104 valence electrons. The molecular formula is C15H21ClN2O. The minimum absolute atomic E-state index is 0.0243. The van der Waals surface area contributed by atoms with E-state index in [9.17, 15) is 4.79 Å². The van der Waals surface area contributed by atoms with Gasteiger partial charge in [-0.3, -0.25) is 4.79 Å². The summed E-state index contributed by atoms with van der Waals surface area (Å²) in [6.07, 6.45) is 3.55. The first-order valence-corrected chi connectivity index (χ1v) is 7.29. The van der Waals surface area contributed by atoms with E-state index in [1.807, 2.05) is 13.0 Å². The first kappa shape index (κ1) is 14.4. The largest absolute Gasteiger partial charge is 0.352 e. The van der Waals surface area contributed by atoms with E-state index in [1.54, 1.807) is 12.1 Å². The molecule has 0 bridgehead atoms. The van der Waals surface area contributed by atoms with Gasteiger partial charge in [0.1, 0.15) is 0 Å². The zero-order chi connectivity index (χ0) is 13.7. The summed E-state index contributed by atoms with van der Waals surface area (Å²) in [6, 6.07) is 5.41. The SMILES string of the molecule is Cc1ccc(Cl)cc1C(=O)NCCC1CCCNC1. The molecule has 1 heterocycles. The number of benzene rings is 1. The van der Waals surface area contributed by atoms with Crippen LogP contribution in [0.25, 0.3) is 0 Å². The van der Waals surface area contributed by atoms with Crippen LogP contribution in [0, 0.1) is 12.8 Å². The molecule has 4 heteroatoms. The van der Waals surface area contributed by atoms with Crippen molar-refractivity contribution < 1.29 is 4.79 Å². The summed E-state index contributed by atoms with van der Waals surface area (Å²) >= 11 is 5.93. The Morgan fingerprint density at radius 3 is 3.11 bits per heavy atom. The van der Waals surface area contributed by atoms with Gasteiger partial charge < -0.3 is 10.6 Å². The molecule has 0 spiro atoms. The summed E-state index contributed by atoms with van der Waals surface area (Å²) in [5.74, 6) is 0.665. The highest BCUT2D eigenvalue weighted by Crippen LogP contribution is 2.16. The maximum absolute atomic E-state index is 12.1. The van der Waals surface area contributed by atoms with Gasteiger partial charge in [0.15, 0.2) is 0 Å². The summed E-state index contributed by atoms with van der Waals surface area (Å²) < 4.78 is 0. The predicted octanol–water partition coefficient (Wildman–Crippen LogP) is 2.77. The standard InChI is InChI=1S/C15H21ClN2O/c1-11-4-5-13(16)9-14(11)15(19)18-8-6-12-3-2-7-17-10-12/h4-5,9,12,17H,2-3,6-8,10H2,1H3,(H,18,19). The Kier molecular flexibility index (Phi) is 5.23. The van der Waals surface area contributed by atoms with Crippen LogP contribution >= 0.6 is 11.6 Å². The highest BCUT2D eigenvalue weighted by atomic mass is 35.5. The number of amides is 1. The smallest absolute Gasteiger partial charge is 0.251 e. The van der Waals surface area contributed by atoms with Gasteiger partial charge in [0.2, 0.25) is 0 Å². The highest BCUT2D eigenvalue weighted by Gasteiger charge is 2.14. The molecule has 19 heavy (non-hydrogen) atoms. The second kappa shape index (κ2) is 6.92. The van der Waals surface area contributed by atoms with Crippen LogP contribution in [0.4, 0.5) is 0 Å². The number of piperidine rings is 1. The zero-order valence-corrected chi connectivity index (χ0v) is 12.1. The van der Waals surface area contributed by atoms with Crippen LogP contribution in [0.15, 0.2) is 18.2 Å². The molecule has 1 saturated heterocycles. The lowest BCUT2D eigenvalue weighted by molar-refractivity contribution is 0.0950. The van der Waals surface area contributed by atoms with Crippen molar-refractivity contribution in [2.24, 2.45) is 5.92 Å². The number of rotatable bonds is 4. The molecule has 0 radical (unpaired) electrons. The average Bonchev–Trinajstić information content (AvgIpc) is 2.42. The van der Waals surface area contributed by atoms with Crippen molar-refractivity contribution in [2.45, 2.75) is 26.2 Å². The van der Waals surface area contributed by atoms with Crippen molar-refractivity contribution in [1.82, 2.24) is 10.6 Å². The third-order valence-electron chi connectivity index (χ3n) is 3.68. The molecule has 1 aliphatic rings. The lowest BCUT2D eigenvalue weighted by Crippen LogP contribution is -2.33. The lowest BCUT2D eigenvalue weighted by Gasteiger charge is -2.22. The van der Waals surface area contributed by atoms with E-state index in [2.05, 4.69) is 10.6 Å². The third-order valence-corrected chi connectivity index (χ3v) is 3.92. The van der Waals surface area contributed by atoms with Crippen LogP contribution < -0.4 is 10.6 Å². The maximum Gasteiger partial charge on any atom is 0.251 e. The van der Waals surface area contributed by atoms with Crippen LogP contribution in [0.2, 0.25) is 5.02 Å². The molecule has 0 aromatic heterocycles. The maximum atomic E-state index is 12.1. The Bertz CT molecular complexity index is 442. The molecule has 1 unspecified atom stereocenters. The van der Waals surface area contributed by atoms with E-state index < -0.39 is 0 Å². The van der Waals surface area contributed by atoms with Crippen molar-refractivity contribution in [3.8, 4) is 0 Å². The van der Waals surface area contributed by atoms with Crippen LogP contribution in [0.1, 0.15) is 35.2 Å². The number of carbonyl (C=O) groups is 1. The van der Waals surface area contributed by atoms with Crippen molar-refractivity contribution in [2.75, 3.05) is 19.6 Å². The van der Waals surface area contributed by atoms with Crippen molar-refractivity contribution in [3.63, 3.8) is 0 Å². The number of hydrogen-bond acceptors (Lipinski definition) is 2. The number of hydrogen-bond donors (Lipinski definition) is 2. The van der Waals surface area contributed by atoms with Gasteiger partial charge in [-0.1, -0.05) is 17.7 Å². The molecule has 1 amide bonds. The quantitative estimate of drug-likeness (QED) is 0.890. The summed E-state index contributed by atoms with van der Waals surface area (Å²) in [7, 11) is 0. The second-order valence-electron chi connectivity index (χ2n) is 5.22. The van der Waals surface area contributed by atoms with E-state index in [0.717, 1.165) is 31.6 Å². The molecule has 0 saturated carbocycles. The highest BCUT2D eigenvalue weighted by molar-refractivity contribution is 6.31. The van der Waals surface area contributed by atoms with Gasteiger partial charge in [-0.25, -0.2) is 0 Å². The Balaban J connectivity index is 1.82. The van der Waals surface area contributed by atoms with E-state index in [-0.39, 0.29) is 5.91 Å². The minimum Gasteiger partial charge on any atom is -0.352 e. The predicted molar refractivity (Wildman–Crippen MR) is 78.7 cm³/mol. The molecule has 2 N–H and O–H groups in total. The van der Waals surface area contributed by atoms with E-state index in [4.69, 9.17) is 11.6 Å². The Morgan fingerprint density at radius 1 is 1.53 bits per heavy atom. The summed E-state index contributed by atoms with van der Waals surface area (Å²) in [5.41, 5.74) is 1.63. The van der Waals surface area contributed by atoms with Crippen molar-refractivity contribution >= 4 is 17.5 Å². The van der Waals surface area contributed by atoms with Gasteiger partial charge in [0.05, 0.1) is 0 Å². The third kappa shape index (κ3) is 4.22. The fraction of sp³-hybridized carbons (Fsp3) is 0.533. The normalized spacial score (nSPS) is 19.2. The fourth-order valence-electron chi connectivity index (χ4n) is 2.49. The van der Waals surface area contributed by atoms with Gasteiger partial charge in [-0.15, -0.1) is 0 Å². The van der Waals surface area contributed by atoms with Crippen molar-refractivity contribution in [3.05, 3.63) is 34.3 Å². The second-order valence-corrected chi connectivity index (χ2v) is 5.65. The molecule has 1 atom stereocenters. The summed E-state index contributed by atoms with van der Waals surface area (Å²) in [5, 5.41) is 6.98. The summed E-state index contributed by atoms with van der Waals surface area (Å²) in [4.78, 5) is 12.1. The lowest BCUT2D eigenvalue weighted by atomic mass is 9.96. The molecule has 0 aliphatic carbocycles. The number of halogens is 1. The molecule has 1 aromatic rings. The van der Waals surface area contributed by atoms with Gasteiger partial charge in [-0.05, 0) is 62.9 Å². The molecule has 3 nitrogen and oxygen atoms in total. The Morgan fingerprint density at radius 2 is 2.37 bits per heavy atom. The minimum atomic E-state index is -0.0243. The van der Waals surface area contributed by atoms with E-state index >= 15 is 0 Å². The number of aryl methyl sites for hydroxylation is 1. The Hall–Kier alpha value is -1.06. The number of carbonyl (C=O) groups excluding carboxylic acids is 1. The van der Waals surface area contributed by atoms with Gasteiger partial charge in [0, 0.05) is 17.1 Å². The summed E-state index contributed by atoms with van der Waals surface area (Å²) in [6.45, 7) is 4.87. The average molecular weight is 281 g/mol. The van der Waals surface area contributed by atoms with Crippen LogP contribution in [-0.2, 0) is 0 Å². The van der Waals surface area contributed by atoms with Gasteiger partial charge in [-0.2, -0.15) is 0 Å². The zero-order valence-electron chi connectivity index (χ0n) is 11.3. The molecular weight excluding hydrogens is 260 g/mol. The first-order chi connectivity index (χ1) is 9.16. The molecule has 1 aliphatic heterocycles. The molecule has 2 rings (SSSR count). The first-order valence-electron chi connectivity index (χ1n) is 6.92. The topological polar surface area (TPSA) is 41.1 Å². The van der Waals surface area contributed by atoms with Crippen LogP contribution in [0.5, 0.6) is 0 Å². The van der Waals surface area contributed by atoms with Gasteiger partial charge in [0.25, 0.3) is 5.91 Å². The van der Waals surface area contributed by atoms with E-state index in [0.29, 0.717) is 16.5 Å². The molecule has 1 aromatic carbocycles. The number of nitrogens with one attached hydrogen (secondary N) is 2. The monoisotopic (exact) mass is 280 g/mol. The van der Waals surface area contributed by atoms with E-state index in [1.165, 1.54) is 12.8 Å². The molecule has 1 fully saturated rings. The van der Waals surface area contributed by atoms with Crippen molar-refractivity contribution in [1.29, 1.82) is 0 Å². The van der Waals surface area contributed by atoms with Crippen LogP contribution in [-0.4, -0.2) is 25.5 Å².